The zero-order chi connectivity index (χ0) is 8.81. The van der Waals surface area contributed by atoms with Gasteiger partial charge in [-0.3, -0.25) is 4.79 Å². The molecule has 0 aliphatic carbocycles. The smallest absolute Gasteiger partial charge is 0.239 e. The van der Waals surface area contributed by atoms with E-state index < -0.39 is 0 Å². The Morgan fingerprint density at radius 2 is 2.33 bits per heavy atom. The third-order valence-corrected chi connectivity index (χ3v) is 1.26. The van der Waals surface area contributed by atoms with Gasteiger partial charge in [-0.05, 0) is 18.2 Å². The highest BCUT2D eigenvalue weighted by atomic mass is 16.5. The highest BCUT2D eigenvalue weighted by Gasteiger charge is 1.94. The summed E-state index contributed by atoms with van der Waals surface area (Å²) in [6.45, 7) is -0.102. The molecule has 1 aromatic rings. The number of carbonyl (C=O) groups excluding carboxylic acids is 1. The van der Waals surface area contributed by atoms with Crippen LogP contribution >= 0.6 is 0 Å². The largest absolute Gasteiger partial charge is 0.485 e. The predicted octanol–water partition coefficient (Wildman–Crippen LogP) is 1.05. The molecule has 0 saturated carbocycles. The highest BCUT2D eigenvalue weighted by Crippen LogP contribution is 2.11. The van der Waals surface area contributed by atoms with E-state index >= 15 is 0 Å². The Morgan fingerprint density at radius 3 is 3.00 bits per heavy atom. The van der Waals surface area contributed by atoms with Crippen LogP contribution in [0.25, 0.3) is 0 Å². The van der Waals surface area contributed by atoms with Crippen molar-refractivity contribution in [2.24, 2.45) is 0 Å². The van der Waals surface area contributed by atoms with Gasteiger partial charge in [-0.2, -0.15) is 5.26 Å². The highest BCUT2D eigenvalue weighted by molar-refractivity contribution is 5.52. The molecule has 0 unspecified atom stereocenters. The molecule has 0 saturated heterocycles. The van der Waals surface area contributed by atoms with Crippen molar-refractivity contribution in [1.82, 2.24) is 0 Å². The molecule has 0 atom stereocenters. The van der Waals surface area contributed by atoms with E-state index in [9.17, 15) is 4.79 Å². The lowest BCUT2D eigenvalue weighted by Crippen LogP contribution is -1.97. The molecule has 0 bridgehead atoms. The van der Waals surface area contributed by atoms with Gasteiger partial charge in [-0.15, -0.1) is 0 Å². The van der Waals surface area contributed by atoms with Gasteiger partial charge in [0.05, 0.1) is 11.6 Å². The first-order chi connectivity index (χ1) is 5.86. The van der Waals surface area contributed by atoms with Crippen LogP contribution in [0.3, 0.4) is 0 Å². The van der Waals surface area contributed by atoms with Crippen molar-refractivity contribution in [1.29, 1.82) is 5.26 Å². The molecule has 0 aliphatic heterocycles. The molecule has 1 rings (SSSR count). The van der Waals surface area contributed by atoms with Gasteiger partial charge >= 0.3 is 0 Å². The van der Waals surface area contributed by atoms with Gasteiger partial charge in [-0.1, -0.05) is 6.07 Å². The molecule has 59 valence electrons. The van der Waals surface area contributed by atoms with Crippen molar-refractivity contribution in [2.45, 2.75) is 0 Å². The van der Waals surface area contributed by atoms with E-state index in [1.165, 1.54) is 0 Å². The summed E-state index contributed by atoms with van der Waals surface area (Å²) >= 11 is 0. The van der Waals surface area contributed by atoms with Crippen LogP contribution in [-0.2, 0) is 4.79 Å². The average Bonchev–Trinajstić information content (AvgIpc) is 2.15. The minimum absolute atomic E-state index is 0.102. The van der Waals surface area contributed by atoms with Crippen LogP contribution in [-0.4, -0.2) is 12.9 Å². The lowest BCUT2D eigenvalue weighted by molar-refractivity contribution is 0.365. The van der Waals surface area contributed by atoms with Crippen molar-refractivity contribution in [3.63, 3.8) is 0 Å². The summed E-state index contributed by atoms with van der Waals surface area (Å²) in [6, 6.07) is 8.57. The number of benzene rings is 1. The monoisotopic (exact) mass is 160 g/mol. The number of hydrogen-bond donors (Lipinski definition) is 0. The van der Waals surface area contributed by atoms with Crippen LogP contribution in [0.15, 0.2) is 24.3 Å². The summed E-state index contributed by atoms with van der Waals surface area (Å²) in [4.78, 5) is 9.82. The van der Waals surface area contributed by atoms with Crippen molar-refractivity contribution >= 4 is 6.29 Å². The third kappa shape index (κ3) is 2.10. The SMILES string of the molecule is N#Cc1cccc(OC[C]=O)c1. The van der Waals surface area contributed by atoms with Gasteiger partial charge < -0.3 is 4.74 Å². The summed E-state index contributed by atoms with van der Waals surface area (Å²) < 4.78 is 4.92. The molecule has 0 spiro atoms. The molecular weight excluding hydrogens is 154 g/mol. The summed E-state index contributed by atoms with van der Waals surface area (Å²) in [5.41, 5.74) is 0.512. The van der Waals surface area contributed by atoms with Gasteiger partial charge in [0, 0.05) is 0 Å². The Morgan fingerprint density at radius 1 is 1.50 bits per heavy atom. The zero-order valence-corrected chi connectivity index (χ0v) is 6.28. The van der Waals surface area contributed by atoms with Gasteiger partial charge in [0.1, 0.15) is 5.75 Å². The predicted molar refractivity (Wildman–Crippen MR) is 42.3 cm³/mol. The number of rotatable bonds is 3. The summed E-state index contributed by atoms with van der Waals surface area (Å²) in [5.74, 6) is 0.511. The molecule has 3 nitrogen and oxygen atoms in total. The second-order valence-electron chi connectivity index (χ2n) is 2.07. The maximum absolute atomic E-state index is 9.82. The molecular formula is C9H6NO2. The van der Waals surface area contributed by atoms with Crippen LogP contribution in [0.1, 0.15) is 5.56 Å². The van der Waals surface area contributed by atoms with Crippen molar-refractivity contribution in [3.05, 3.63) is 29.8 Å². The van der Waals surface area contributed by atoms with Gasteiger partial charge in [0.15, 0.2) is 6.61 Å². The quantitative estimate of drug-likeness (QED) is 0.663. The Bertz CT molecular complexity index is 315. The fraction of sp³-hybridized carbons (Fsp3) is 0.111. The van der Waals surface area contributed by atoms with Gasteiger partial charge in [0.25, 0.3) is 0 Å². The number of hydrogen-bond acceptors (Lipinski definition) is 3. The van der Waals surface area contributed by atoms with E-state index in [1.807, 2.05) is 6.07 Å². The standard InChI is InChI=1S/C9H6NO2/c10-7-8-2-1-3-9(6-8)12-5-4-11/h1-3,6H,5H2. The van der Waals surface area contributed by atoms with Gasteiger partial charge in [0.2, 0.25) is 6.29 Å². The molecule has 0 amide bonds. The topological polar surface area (TPSA) is 50.1 Å². The minimum Gasteiger partial charge on any atom is -0.485 e. The van der Waals surface area contributed by atoms with E-state index in [2.05, 4.69) is 0 Å². The first kappa shape index (κ1) is 8.28. The van der Waals surface area contributed by atoms with E-state index in [0.717, 1.165) is 0 Å². The van der Waals surface area contributed by atoms with E-state index in [4.69, 9.17) is 10.00 Å². The average molecular weight is 160 g/mol. The molecule has 0 heterocycles. The Kier molecular flexibility index (Phi) is 2.86. The normalized spacial score (nSPS) is 8.58. The maximum Gasteiger partial charge on any atom is 0.239 e. The minimum atomic E-state index is -0.102. The second kappa shape index (κ2) is 4.14. The van der Waals surface area contributed by atoms with Crippen molar-refractivity contribution < 1.29 is 9.53 Å². The Hall–Kier alpha value is -1.82. The zero-order valence-electron chi connectivity index (χ0n) is 6.28. The van der Waals surface area contributed by atoms with Crippen LogP contribution < -0.4 is 4.74 Å². The van der Waals surface area contributed by atoms with Crippen LogP contribution in [0.5, 0.6) is 5.75 Å². The Labute approximate surface area is 70.2 Å². The summed E-state index contributed by atoms with van der Waals surface area (Å²) in [7, 11) is 0. The first-order valence-electron chi connectivity index (χ1n) is 3.35. The number of nitriles is 1. The summed E-state index contributed by atoms with van der Waals surface area (Å²) in [5, 5.41) is 8.50. The third-order valence-electron chi connectivity index (χ3n) is 1.26. The molecule has 0 N–H and O–H groups in total. The molecule has 3 heteroatoms. The van der Waals surface area contributed by atoms with E-state index in [1.54, 1.807) is 30.6 Å². The molecule has 0 fully saturated rings. The van der Waals surface area contributed by atoms with Crippen LogP contribution in [0.4, 0.5) is 0 Å². The molecule has 12 heavy (non-hydrogen) atoms. The lowest BCUT2D eigenvalue weighted by atomic mass is 10.2. The first-order valence-corrected chi connectivity index (χ1v) is 3.35. The second-order valence-corrected chi connectivity index (χ2v) is 2.07. The molecule has 1 radical (unpaired) electrons. The fourth-order valence-electron chi connectivity index (χ4n) is 0.768. The fourth-order valence-corrected chi connectivity index (χ4v) is 0.768. The van der Waals surface area contributed by atoms with E-state index in [-0.39, 0.29) is 6.61 Å². The molecule has 0 aromatic heterocycles. The Balaban J connectivity index is 2.74. The van der Waals surface area contributed by atoms with E-state index in [0.29, 0.717) is 11.3 Å². The number of ether oxygens (including phenoxy) is 1. The molecule has 1 aromatic carbocycles. The van der Waals surface area contributed by atoms with Gasteiger partial charge in [-0.25, -0.2) is 0 Å². The molecule has 0 aliphatic rings. The van der Waals surface area contributed by atoms with Crippen molar-refractivity contribution in [2.75, 3.05) is 6.61 Å². The van der Waals surface area contributed by atoms with Crippen molar-refractivity contribution in [3.8, 4) is 11.8 Å². The van der Waals surface area contributed by atoms with Crippen LogP contribution in [0, 0.1) is 11.3 Å². The summed E-state index contributed by atoms with van der Waals surface area (Å²) in [6.07, 6.45) is 1.60. The maximum atomic E-state index is 9.82. The number of nitrogens with zero attached hydrogens (tertiary/aromatic N) is 1. The lowest BCUT2D eigenvalue weighted by Gasteiger charge is -1.99. The van der Waals surface area contributed by atoms with Crippen LogP contribution in [0.2, 0.25) is 0 Å².